The number of hydrogen-bond donors (Lipinski definition) is 1. The van der Waals surface area contributed by atoms with Crippen LogP contribution in [0.5, 0.6) is 11.5 Å². The molecule has 0 aliphatic heterocycles. The summed E-state index contributed by atoms with van der Waals surface area (Å²) in [5.41, 5.74) is 9.20. The first kappa shape index (κ1) is 14.2. The molecule has 20 heavy (non-hydrogen) atoms. The molecular weight excluding hydrogens is 257 g/mol. The summed E-state index contributed by atoms with van der Waals surface area (Å²) in [6.07, 6.45) is 0. The number of hydrogen-bond acceptors (Lipinski definition) is 3. The number of methoxy groups -OCH3 is 1. The van der Waals surface area contributed by atoms with Gasteiger partial charge in [-0.3, -0.25) is 0 Å². The highest BCUT2D eigenvalue weighted by molar-refractivity contribution is 5.56. The highest BCUT2D eigenvalue weighted by Gasteiger charge is 2.08. The largest absolute Gasteiger partial charge is 0.494 e. The van der Waals surface area contributed by atoms with Gasteiger partial charge in [-0.15, -0.1) is 0 Å². The van der Waals surface area contributed by atoms with Crippen LogP contribution in [0.15, 0.2) is 30.3 Å². The van der Waals surface area contributed by atoms with E-state index in [2.05, 4.69) is 0 Å². The molecule has 2 N–H and O–H groups in total. The molecule has 2 rings (SSSR count). The quantitative estimate of drug-likeness (QED) is 0.867. The lowest BCUT2D eigenvalue weighted by atomic mass is 10.1. The maximum atomic E-state index is 13.6. The molecule has 2 aromatic carbocycles. The second-order valence-corrected chi connectivity index (χ2v) is 4.68. The molecule has 0 unspecified atom stereocenters. The Morgan fingerprint density at radius 3 is 2.55 bits per heavy atom. The van der Waals surface area contributed by atoms with E-state index in [9.17, 15) is 4.39 Å². The van der Waals surface area contributed by atoms with Crippen molar-refractivity contribution in [3.63, 3.8) is 0 Å². The molecular formula is C16H18FNO2. The zero-order chi connectivity index (χ0) is 14.7. The van der Waals surface area contributed by atoms with Gasteiger partial charge in [0.1, 0.15) is 12.4 Å². The lowest BCUT2D eigenvalue weighted by molar-refractivity contribution is 0.301. The van der Waals surface area contributed by atoms with Crippen molar-refractivity contribution < 1.29 is 13.9 Å². The molecule has 3 nitrogen and oxygen atoms in total. The first-order chi connectivity index (χ1) is 9.52. The number of ether oxygens (including phenoxy) is 2. The second-order valence-electron chi connectivity index (χ2n) is 4.68. The Labute approximate surface area is 118 Å². The lowest BCUT2D eigenvalue weighted by Crippen LogP contribution is -2.02. The Morgan fingerprint density at radius 1 is 1.15 bits per heavy atom. The van der Waals surface area contributed by atoms with Gasteiger partial charge in [0.25, 0.3) is 0 Å². The summed E-state index contributed by atoms with van der Waals surface area (Å²) in [7, 11) is 1.44. The average Bonchev–Trinajstić information content (AvgIpc) is 2.43. The number of anilines is 1. The normalized spacial score (nSPS) is 10.4. The summed E-state index contributed by atoms with van der Waals surface area (Å²) < 4.78 is 24.3. The Morgan fingerprint density at radius 2 is 1.90 bits per heavy atom. The Kier molecular flexibility index (Phi) is 4.13. The third-order valence-corrected chi connectivity index (χ3v) is 3.24. The molecule has 0 amide bonds. The fourth-order valence-electron chi connectivity index (χ4n) is 2.02. The van der Waals surface area contributed by atoms with Gasteiger partial charge in [0, 0.05) is 11.3 Å². The van der Waals surface area contributed by atoms with E-state index in [-0.39, 0.29) is 12.4 Å². The molecule has 106 valence electrons. The number of nitrogen functional groups attached to an aromatic ring is 1. The maximum Gasteiger partial charge on any atom is 0.165 e. The van der Waals surface area contributed by atoms with Crippen molar-refractivity contribution in [2.75, 3.05) is 12.8 Å². The van der Waals surface area contributed by atoms with E-state index in [1.54, 1.807) is 12.1 Å². The van der Waals surface area contributed by atoms with Crippen molar-refractivity contribution in [3.8, 4) is 11.5 Å². The molecule has 0 bridgehead atoms. The smallest absolute Gasteiger partial charge is 0.165 e. The van der Waals surface area contributed by atoms with Gasteiger partial charge in [-0.2, -0.15) is 0 Å². The first-order valence-electron chi connectivity index (χ1n) is 6.34. The first-order valence-corrected chi connectivity index (χ1v) is 6.34. The molecule has 0 aliphatic rings. The zero-order valence-corrected chi connectivity index (χ0v) is 11.9. The summed E-state index contributed by atoms with van der Waals surface area (Å²) in [6, 6.07) is 8.54. The lowest BCUT2D eigenvalue weighted by Gasteiger charge is -2.14. The van der Waals surface area contributed by atoms with Gasteiger partial charge >= 0.3 is 0 Å². The summed E-state index contributed by atoms with van der Waals surface area (Å²) in [6.45, 7) is 4.15. The molecule has 2 aromatic rings. The van der Waals surface area contributed by atoms with Crippen LogP contribution in [0.2, 0.25) is 0 Å². The van der Waals surface area contributed by atoms with Crippen molar-refractivity contribution >= 4 is 5.69 Å². The van der Waals surface area contributed by atoms with Crippen LogP contribution < -0.4 is 15.2 Å². The summed E-state index contributed by atoms with van der Waals surface area (Å²) in [5, 5.41) is 0. The molecule has 0 aromatic heterocycles. The number of halogens is 1. The minimum absolute atomic E-state index is 0.227. The van der Waals surface area contributed by atoms with Gasteiger partial charge in [0.15, 0.2) is 11.6 Å². The Balaban J connectivity index is 2.17. The summed E-state index contributed by atoms with van der Waals surface area (Å²) in [4.78, 5) is 0. The Hall–Kier alpha value is -2.23. The van der Waals surface area contributed by atoms with Gasteiger partial charge in [0.05, 0.1) is 7.11 Å². The molecule has 0 atom stereocenters. The highest BCUT2D eigenvalue weighted by Crippen LogP contribution is 2.28. The van der Waals surface area contributed by atoms with Crippen LogP contribution in [0.3, 0.4) is 0 Å². The van der Waals surface area contributed by atoms with Crippen molar-refractivity contribution in [2.45, 2.75) is 20.5 Å². The SMILES string of the molecule is COc1ccc(COc2c(C)ccc(N)c2C)cc1F. The molecule has 0 radical (unpaired) electrons. The van der Waals surface area contributed by atoms with E-state index in [1.165, 1.54) is 13.2 Å². The fourth-order valence-corrected chi connectivity index (χ4v) is 2.02. The highest BCUT2D eigenvalue weighted by atomic mass is 19.1. The van der Waals surface area contributed by atoms with Gasteiger partial charge in [-0.05, 0) is 43.2 Å². The molecule has 4 heteroatoms. The molecule has 0 fully saturated rings. The van der Waals surface area contributed by atoms with Crippen molar-refractivity contribution in [3.05, 3.63) is 52.8 Å². The van der Waals surface area contributed by atoms with Gasteiger partial charge in [0.2, 0.25) is 0 Å². The van der Waals surface area contributed by atoms with E-state index >= 15 is 0 Å². The Bertz CT molecular complexity index is 626. The average molecular weight is 275 g/mol. The summed E-state index contributed by atoms with van der Waals surface area (Å²) >= 11 is 0. The van der Waals surface area contributed by atoms with Crippen LogP contribution in [-0.2, 0) is 6.61 Å². The van der Waals surface area contributed by atoms with Crippen LogP contribution >= 0.6 is 0 Å². The van der Waals surface area contributed by atoms with Gasteiger partial charge in [-0.25, -0.2) is 4.39 Å². The number of aryl methyl sites for hydroxylation is 1. The van der Waals surface area contributed by atoms with Gasteiger partial charge < -0.3 is 15.2 Å². The van der Waals surface area contributed by atoms with Crippen LogP contribution in [0.1, 0.15) is 16.7 Å². The number of nitrogens with two attached hydrogens (primary N) is 1. The number of benzene rings is 2. The second kappa shape index (κ2) is 5.82. The van der Waals surface area contributed by atoms with E-state index in [0.29, 0.717) is 5.69 Å². The van der Waals surface area contributed by atoms with Gasteiger partial charge in [-0.1, -0.05) is 12.1 Å². The predicted molar refractivity (Wildman–Crippen MR) is 77.6 cm³/mol. The minimum atomic E-state index is -0.394. The van der Waals surface area contributed by atoms with Crippen LogP contribution in [0.25, 0.3) is 0 Å². The molecule has 0 saturated carbocycles. The molecule has 0 saturated heterocycles. The van der Waals surface area contributed by atoms with Crippen molar-refractivity contribution in [1.82, 2.24) is 0 Å². The van der Waals surface area contributed by atoms with Crippen LogP contribution in [0.4, 0.5) is 10.1 Å². The fraction of sp³-hybridized carbons (Fsp3) is 0.250. The van der Waals surface area contributed by atoms with E-state index in [1.807, 2.05) is 26.0 Å². The maximum absolute atomic E-state index is 13.6. The molecule has 0 aliphatic carbocycles. The van der Waals surface area contributed by atoms with Crippen LogP contribution in [-0.4, -0.2) is 7.11 Å². The third kappa shape index (κ3) is 2.85. The van der Waals surface area contributed by atoms with E-state index in [0.717, 1.165) is 22.4 Å². The van der Waals surface area contributed by atoms with Crippen molar-refractivity contribution in [2.24, 2.45) is 0 Å². The summed E-state index contributed by atoms with van der Waals surface area (Å²) in [5.74, 6) is 0.584. The van der Waals surface area contributed by atoms with Crippen molar-refractivity contribution in [1.29, 1.82) is 0 Å². The minimum Gasteiger partial charge on any atom is -0.494 e. The predicted octanol–water partition coefficient (Wildman–Crippen LogP) is 3.61. The third-order valence-electron chi connectivity index (χ3n) is 3.24. The number of rotatable bonds is 4. The molecule has 0 heterocycles. The monoisotopic (exact) mass is 275 g/mol. The van der Waals surface area contributed by atoms with Crippen LogP contribution in [0, 0.1) is 19.7 Å². The van der Waals surface area contributed by atoms with E-state index in [4.69, 9.17) is 15.2 Å². The topological polar surface area (TPSA) is 44.5 Å². The van der Waals surface area contributed by atoms with E-state index < -0.39 is 5.82 Å². The molecule has 0 spiro atoms. The zero-order valence-electron chi connectivity index (χ0n) is 11.9. The standard InChI is InChI=1S/C16H18FNO2/c1-10-4-6-14(18)11(2)16(10)20-9-12-5-7-15(19-3)13(17)8-12/h4-8H,9,18H2,1-3H3.